The van der Waals surface area contributed by atoms with Crippen LogP contribution < -0.4 is 23.0 Å². The summed E-state index contributed by atoms with van der Waals surface area (Å²) in [6.45, 7) is 0.871. The van der Waals surface area contributed by atoms with Gasteiger partial charge in [0.05, 0.1) is 23.0 Å². The van der Waals surface area contributed by atoms with Crippen LogP contribution in [0.2, 0.25) is 0 Å². The van der Waals surface area contributed by atoms with Gasteiger partial charge < -0.3 is 18.4 Å². The van der Waals surface area contributed by atoms with Gasteiger partial charge in [0.2, 0.25) is 12.5 Å². The highest BCUT2D eigenvalue weighted by molar-refractivity contribution is 7.90. The largest absolute Gasteiger partial charge is 0.493 e. The molecule has 0 saturated carbocycles. The fourth-order valence-corrected chi connectivity index (χ4v) is 6.24. The third kappa shape index (κ3) is 4.04. The van der Waals surface area contributed by atoms with Gasteiger partial charge in [-0.1, -0.05) is 0 Å². The van der Waals surface area contributed by atoms with Crippen molar-refractivity contribution in [3.63, 3.8) is 0 Å². The maximum atomic E-state index is 13.2. The van der Waals surface area contributed by atoms with Crippen LogP contribution in [-0.4, -0.2) is 37.0 Å². The molecule has 3 aromatic carbocycles. The number of benzene rings is 3. The topological polar surface area (TPSA) is 109 Å². The average molecular weight is 541 g/mol. The molecular formula is C26H22NO8S2+. The highest BCUT2D eigenvalue weighted by Crippen LogP contribution is 2.42. The maximum absolute atomic E-state index is 13.2. The number of ether oxygens (including phenoxy) is 3. The van der Waals surface area contributed by atoms with Crippen LogP contribution in [0.25, 0.3) is 22.0 Å². The molecule has 2 aliphatic rings. The van der Waals surface area contributed by atoms with E-state index in [1.165, 1.54) is 31.4 Å². The van der Waals surface area contributed by atoms with Crippen molar-refractivity contribution in [2.75, 3.05) is 20.2 Å². The second-order valence-electron chi connectivity index (χ2n) is 8.85. The predicted molar refractivity (Wildman–Crippen MR) is 133 cm³/mol. The molecule has 0 N–H and O–H groups in total. The average Bonchev–Trinajstić information content (AvgIpc) is 3.33. The van der Waals surface area contributed by atoms with Crippen LogP contribution in [0.1, 0.15) is 5.56 Å². The molecule has 0 aliphatic carbocycles. The normalized spacial score (nSPS) is 14.2. The quantitative estimate of drug-likeness (QED) is 0.280. The van der Waals surface area contributed by atoms with E-state index in [4.69, 9.17) is 18.4 Å². The monoisotopic (exact) mass is 540 g/mol. The zero-order chi connectivity index (χ0) is 25.9. The molecule has 0 atom stereocenters. The minimum Gasteiger partial charge on any atom is -0.493 e. The number of sulfone groups is 1. The SMILES string of the molecule is COc1ccc2cc3[n+](cc2c1OS(=O)(=O)c1ccc(S(C)(=O)=O)cc1)CCc1cc2c(cc1-3)OCO2. The first kappa shape index (κ1) is 23.6. The number of nitrogens with zero attached hydrogens (tertiary/aromatic N) is 1. The van der Waals surface area contributed by atoms with E-state index in [0.717, 1.165) is 40.6 Å². The third-order valence-corrected chi connectivity index (χ3v) is 8.89. The number of hydrogen-bond donors (Lipinski definition) is 0. The van der Waals surface area contributed by atoms with Crippen LogP contribution >= 0.6 is 0 Å². The van der Waals surface area contributed by atoms with Gasteiger partial charge in [-0.3, -0.25) is 0 Å². The molecule has 1 aromatic heterocycles. The van der Waals surface area contributed by atoms with E-state index in [9.17, 15) is 16.8 Å². The summed E-state index contributed by atoms with van der Waals surface area (Å²) < 4.78 is 74.1. The summed E-state index contributed by atoms with van der Waals surface area (Å²) in [5.74, 6) is 1.74. The molecule has 0 bridgehead atoms. The number of aromatic nitrogens is 1. The van der Waals surface area contributed by atoms with Gasteiger partial charge in [-0.05, 0) is 59.5 Å². The Kier molecular flexibility index (Phi) is 5.32. The van der Waals surface area contributed by atoms with Crippen molar-refractivity contribution in [1.82, 2.24) is 0 Å². The highest BCUT2D eigenvalue weighted by atomic mass is 32.2. The standard InChI is InChI=1S/C26H22NO8S2/c1-32-23-8-3-16-11-22-20-13-25-24(33-15-34-25)12-17(20)9-10-27(22)14-21(16)26(23)35-37(30,31)19-6-4-18(5-7-19)36(2,28)29/h3-8,11-14H,9-10,15H2,1-2H3/q+1. The Morgan fingerprint density at radius 1 is 0.892 bits per heavy atom. The van der Waals surface area contributed by atoms with Gasteiger partial charge in [-0.2, -0.15) is 13.0 Å². The Morgan fingerprint density at radius 3 is 2.30 bits per heavy atom. The fourth-order valence-electron chi connectivity index (χ4n) is 4.66. The molecule has 190 valence electrons. The first-order valence-electron chi connectivity index (χ1n) is 11.4. The Balaban J connectivity index is 1.45. The van der Waals surface area contributed by atoms with Crippen LogP contribution in [0.5, 0.6) is 23.0 Å². The molecule has 37 heavy (non-hydrogen) atoms. The fraction of sp³-hybridized carbons (Fsp3) is 0.192. The summed E-state index contributed by atoms with van der Waals surface area (Å²) in [6, 6.07) is 14.4. The zero-order valence-corrected chi connectivity index (χ0v) is 21.6. The molecule has 4 aromatic rings. The number of methoxy groups -OCH3 is 1. The van der Waals surface area contributed by atoms with Crippen molar-refractivity contribution >= 4 is 30.7 Å². The van der Waals surface area contributed by atoms with Crippen LogP contribution in [0, 0.1) is 0 Å². The first-order valence-corrected chi connectivity index (χ1v) is 14.7. The van der Waals surface area contributed by atoms with Gasteiger partial charge in [-0.25, -0.2) is 8.42 Å². The van der Waals surface area contributed by atoms with Gasteiger partial charge >= 0.3 is 10.1 Å². The molecule has 0 fully saturated rings. The van der Waals surface area contributed by atoms with E-state index < -0.39 is 20.0 Å². The molecule has 2 aliphatic heterocycles. The van der Waals surface area contributed by atoms with Crippen molar-refractivity contribution in [1.29, 1.82) is 0 Å². The van der Waals surface area contributed by atoms with E-state index in [2.05, 4.69) is 0 Å². The van der Waals surface area contributed by atoms with Gasteiger partial charge in [-0.15, -0.1) is 0 Å². The number of hydrogen-bond acceptors (Lipinski definition) is 8. The summed E-state index contributed by atoms with van der Waals surface area (Å²) in [7, 11) is -6.32. The van der Waals surface area contributed by atoms with Crippen LogP contribution in [0.4, 0.5) is 0 Å². The Hall–Kier alpha value is -3.83. The molecule has 0 amide bonds. The number of fused-ring (bicyclic) bond motifs is 5. The summed E-state index contributed by atoms with van der Waals surface area (Å²) in [6.07, 6.45) is 3.68. The molecule has 3 heterocycles. The molecular weight excluding hydrogens is 518 g/mol. The maximum Gasteiger partial charge on any atom is 0.339 e. The van der Waals surface area contributed by atoms with E-state index >= 15 is 0 Å². The first-order chi connectivity index (χ1) is 17.6. The van der Waals surface area contributed by atoms with Gasteiger partial charge in [0.15, 0.2) is 45.6 Å². The number of rotatable bonds is 5. The smallest absolute Gasteiger partial charge is 0.339 e. The molecule has 0 saturated heterocycles. The van der Waals surface area contributed by atoms with Gasteiger partial charge in [0, 0.05) is 18.7 Å². The summed E-state index contributed by atoms with van der Waals surface area (Å²) >= 11 is 0. The molecule has 9 nitrogen and oxygen atoms in total. The second kappa shape index (κ2) is 8.35. The lowest BCUT2D eigenvalue weighted by atomic mass is 9.95. The third-order valence-electron chi connectivity index (χ3n) is 6.53. The number of pyridine rings is 1. The van der Waals surface area contributed by atoms with Crippen molar-refractivity contribution in [3.8, 4) is 34.3 Å². The van der Waals surface area contributed by atoms with Crippen molar-refractivity contribution in [2.45, 2.75) is 22.8 Å². The highest BCUT2D eigenvalue weighted by Gasteiger charge is 2.30. The van der Waals surface area contributed by atoms with E-state index in [1.54, 1.807) is 6.07 Å². The van der Waals surface area contributed by atoms with Crippen molar-refractivity contribution in [2.24, 2.45) is 0 Å². The molecule has 0 unspecified atom stereocenters. The minimum absolute atomic E-state index is 0.0140. The lowest BCUT2D eigenvalue weighted by Gasteiger charge is -2.18. The van der Waals surface area contributed by atoms with E-state index in [1.807, 2.05) is 35.0 Å². The molecule has 6 rings (SSSR count). The van der Waals surface area contributed by atoms with Gasteiger partial charge in [0.25, 0.3) is 0 Å². The second-order valence-corrected chi connectivity index (χ2v) is 12.4. The van der Waals surface area contributed by atoms with Crippen molar-refractivity contribution in [3.05, 3.63) is 66.4 Å². The van der Waals surface area contributed by atoms with E-state index in [-0.39, 0.29) is 28.1 Å². The lowest BCUT2D eigenvalue weighted by Crippen LogP contribution is -2.40. The Morgan fingerprint density at radius 2 is 1.59 bits per heavy atom. The van der Waals surface area contributed by atoms with Crippen LogP contribution in [-0.2, 0) is 32.9 Å². The van der Waals surface area contributed by atoms with E-state index in [0.29, 0.717) is 17.7 Å². The molecule has 11 heteroatoms. The minimum atomic E-state index is -4.29. The Labute approximate surface area is 213 Å². The lowest BCUT2D eigenvalue weighted by molar-refractivity contribution is -0.686. The summed E-state index contributed by atoms with van der Waals surface area (Å²) in [4.78, 5) is -0.158. The zero-order valence-electron chi connectivity index (χ0n) is 19.9. The summed E-state index contributed by atoms with van der Waals surface area (Å²) in [5.41, 5.74) is 3.13. The summed E-state index contributed by atoms with van der Waals surface area (Å²) in [5, 5.41) is 1.32. The van der Waals surface area contributed by atoms with Crippen molar-refractivity contribution < 1.29 is 39.8 Å². The number of aryl methyl sites for hydroxylation is 2. The molecule has 0 spiro atoms. The Bertz CT molecular complexity index is 1800. The van der Waals surface area contributed by atoms with Crippen LogP contribution in [0.3, 0.4) is 0 Å². The predicted octanol–water partition coefficient (Wildman–Crippen LogP) is 3.26. The molecule has 0 radical (unpaired) electrons. The van der Waals surface area contributed by atoms with Gasteiger partial charge in [0.1, 0.15) is 4.90 Å². The van der Waals surface area contributed by atoms with Crippen LogP contribution in [0.15, 0.2) is 70.6 Å².